The Labute approximate surface area is 180 Å². The van der Waals surface area contributed by atoms with E-state index < -0.39 is 23.5 Å². The van der Waals surface area contributed by atoms with Crippen LogP contribution < -0.4 is 5.32 Å². The van der Waals surface area contributed by atoms with Crippen molar-refractivity contribution in [2.24, 2.45) is 0 Å². The summed E-state index contributed by atoms with van der Waals surface area (Å²) in [5.74, 6) is 0.0919. The summed E-state index contributed by atoms with van der Waals surface area (Å²) in [6.45, 7) is 1.65. The molecular weight excluding hydrogens is 426 g/mol. The van der Waals surface area contributed by atoms with Crippen molar-refractivity contribution in [2.45, 2.75) is 19.6 Å². The van der Waals surface area contributed by atoms with Gasteiger partial charge in [0.25, 0.3) is 5.91 Å². The van der Waals surface area contributed by atoms with E-state index in [0.29, 0.717) is 28.5 Å². The van der Waals surface area contributed by atoms with Gasteiger partial charge in [0, 0.05) is 12.6 Å². The second-order valence-electron chi connectivity index (χ2n) is 7.09. The Bertz CT molecular complexity index is 1260. The lowest BCUT2D eigenvalue weighted by Gasteiger charge is -2.10. The second-order valence-corrected chi connectivity index (χ2v) is 7.09. The van der Waals surface area contributed by atoms with Gasteiger partial charge in [-0.1, -0.05) is 12.1 Å². The van der Waals surface area contributed by atoms with Gasteiger partial charge in [-0.15, -0.1) is 0 Å². The number of rotatable bonds is 5. The number of aromatic nitrogens is 2. The third kappa shape index (κ3) is 4.56. The van der Waals surface area contributed by atoms with E-state index in [1.54, 1.807) is 19.1 Å². The molecule has 0 radical (unpaired) electrons. The van der Waals surface area contributed by atoms with Crippen LogP contribution in [0.25, 0.3) is 17.1 Å². The van der Waals surface area contributed by atoms with Crippen LogP contribution in [0.3, 0.4) is 0 Å². The second kappa shape index (κ2) is 8.33. The molecule has 0 bridgehead atoms. The first kappa shape index (κ1) is 21.4. The molecule has 0 spiro atoms. The summed E-state index contributed by atoms with van der Waals surface area (Å²) in [5, 5.41) is 7.02. The molecule has 0 aliphatic carbocycles. The Morgan fingerprint density at radius 1 is 1.06 bits per heavy atom. The van der Waals surface area contributed by atoms with Crippen molar-refractivity contribution in [1.29, 1.82) is 0 Å². The Balaban J connectivity index is 1.63. The van der Waals surface area contributed by atoms with Crippen molar-refractivity contribution in [1.82, 2.24) is 15.1 Å². The number of halogens is 4. The van der Waals surface area contributed by atoms with Crippen molar-refractivity contribution in [3.05, 3.63) is 95.1 Å². The molecule has 1 N–H and O–H groups in total. The molecule has 32 heavy (non-hydrogen) atoms. The van der Waals surface area contributed by atoms with Crippen LogP contribution in [0.2, 0.25) is 0 Å². The molecule has 0 fully saturated rings. The van der Waals surface area contributed by atoms with E-state index in [9.17, 15) is 22.4 Å². The van der Waals surface area contributed by atoms with Gasteiger partial charge in [0.15, 0.2) is 5.76 Å². The highest BCUT2D eigenvalue weighted by molar-refractivity contribution is 5.94. The highest BCUT2D eigenvalue weighted by Gasteiger charge is 2.30. The molecule has 0 aliphatic heterocycles. The molecule has 2 aromatic heterocycles. The number of hydrogen-bond acceptors (Lipinski definition) is 3. The van der Waals surface area contributed by atoms with Crippen molar-refractivity contribution in [2.75, 3.05) is 0 Å². The number of alkyl halides is 3. The Hall–Kier alpha value is -3.88. The number of carbonyl (C=O) groups is 1. The number of benzene rings is 2. The largest absolute Gasteiger partial charge is 0.460 e. The highest BCUT2D eigenvalue weighted by atomic mass is 19.4. The predicted octanol–water partition coefficient (Wildman–Crippen LogP) is 5.53. The van der Waals surface area contributed by atoms with Gasteiger partial charge in [-0.05, 0) is 61.0 Å². The van der Waals surface area contributed by atoms with Crippen LogP contribution in [0.15, 0.2) is 71.1 Å². The van der Waals surface area contributed by atoms with Gasteiger partial charge in [0.05, 0.1) is 11.3 Å². The Morgan fingerprint density at radius 3 is 2.47 bits per heavy atom. The molecule has 0 saturated heterocycles. The van der Waals surface area contributed by atoms with Crippen LogP contribution in [0.4, 0.5) is 17.6 Å². The van der Waals surface area contributed by atoms with Crippen LogP contribution in [-0.2, 0) is 12.7 Å². The molecule has 2 heterocycles. The molecule has 0 unspecified atom stereocenters. The highest BCUT2D eigenvalue weighted by Crippen LogP contribution is 2.29. The van der Waals surface area contributed by atoms with Gasteiger partial charge in [0.1, 0.15) is 23.0 Å². The number of aryl methyl sites for hydroxylation is 1. The normalized spacial score (nSPS) is 11.5. The zero-order valence-electron chi connectivity index (χ0n) is 16.8. The third-order valence-corrected chi connectivity index (χ3v) is 4.71. The summed E-state index contributed by atoms with van der Waals surface area (Å²) in [4.78, 5) is 12.9. The summed E-state index contributed by atoms with van der Waals surface area (Å²) in [6.07, 6.45) is -4.47. The number of nitrogens with zero attached hydrogens (tertiary/aromatic N) is 2. The molecular formula is C23H17F4N3O2. The first-order valence-corrected chi connectivity index (χ1v) is 9.58. The fourth-order valence-electron chi connectivity index (χ4n) is 3.15. The summed E-state index contributed by atoms with van der Waals surface area (Å²) >= 11 is 0. The smallest absolute Gasteiger partial charge is 0.416 e. The number of amides is 1. The minimum absolute atomic E-state index is 0.118. The van der Waals surface area contributed by atoms with Gasteiger partial charge < -0.3 is 9.73 Å². The van der Waals surface area contributed by atoms with Crippen LogP contribution >= 0.6 is 0 Å². The molecule has 0 saturated carbocycles. The lowest BCUT2D eigenvalue weighted by molar-refractivity contribution is -0.137. The van der Waals surface area contributed by atoms with Crippen molar-refractivity contribution in [3.8, 4) is 17.1 Å². The molecule has 0 aliphatic rings. The summed E-state index contributed by atoms with van der Waals surface area (Å²) < 4.78 is 59.1. The van der Waals surface area contributed by atoms with Gasteiger partial charge in [-0.2, -0.15) is 18.3 Å². The maximum Gasteiger partial charge on any atom is 0.416 e. The number of nitrogens with one attached hydrogen (secondary N) is 1. The fraction of sp³-hybridized carbons (Fsp3) is 0.130. The van der Waals surface area contributed by atoms with E-state index in [2.05, 4.69) is 10.4 Å². The zero-order chi connectivity index (χ0) is 22.9. The maximum atomic E-state index is 13.4. The number of hydrogen-bond donors (Lipinski definition) is 1. The number of carbonyl (C=O) groups excluding carboxylic acids is 1. The molecule has 164 valence electrons. The Kier molecular flexibility index (Phi) is 5.56. The fourth-order valence-corrected chi connectivity index (χ4v) is 3.15. The third-order valence-electron chi connectivity index (χ3n) is 4.71. The van der Waals surface area contributed by atoms with Gasteiger partial charge in [-0.25, -0.2) is 9.07 Å². The average Bonchev–Trinajstić information content (AvgIpc) is 3.39. The quantitative estimate of drug-likeness (QED) is 0.413. The molecule has 2 aromatic carbocycles. The van der Waals surface area contributed by atoms with E-state index in [1.807, 2.05) is 0 Å². The topological polar surface area (TPSA) is 60.1 Å². The van der Waals surface area contributed by atoms with Crippen molar-refractivity contribution in [3.63, 3.8) is 0 Å². The Morgan fingerprint density at radius 2 is 1.81 bits per heavy atom. The molecule has 4 aromatic rings. The zero-order valence-corrected chi connectivity index (χ0v) is 16.8. The minimum Gasteiger partial charge on any atom is -0.460 e. The lowest BCUT2D eigenvalue weighted by atomic mass is 10.1. The van der Waals surface area contributed by atoms with E-state index in [0.717, 1.165) is 12.1 Å². The molecule has 0 atom stereocenters. The molecule has 9 heteroatoms. The first-order chi connectivity index (χ1) is 15.2. The summed E-state index contributed by atoms with van der Waals surface area (Å²) in [5.41, 5.74) is 0.434. The average molecular weight is 443 g/mol. The van der Waals surface area contributed by atoms with E-state index in [1.165, 1.54) is 47.1 Å². The SMILES string of the molecule is Cc1ccc(-c2cc(C(=O)NCc3cccc(C(F)(F)F)c3)n(-c3ccc(F)cc3)n2)o1. The van der Waals surface area contributed by atoms with Gasteiger partial charge >= 0.3 is 6.18 Å². The van der Waals surface area contributed by atoms with E-state index in [4.69, 9.17) is 4.42 Å². The van der Waals surface area contributed by atoms with Crippen LogP contribution in [0.1, 0.15) is 27.4 Å². The van der Waals surface area contributed by atoms with Gasteiger partial charge in [0.2, 0.25) is 0 Å². The van der Waals surface area contributed by atoms with Crippen LogP contribution in [0, 0.1) is 12.7 Å². The minimum atomic E-state index is -4.47. The summed E-state index contributed by atoms with van der Waals surface area (Å²) in [7, 11) is 0. The molecule has 1 amide bonds. The van der Waals surface area contributed by atoms with Crippen LogP contribution in [0.5, 0.6) is 0 Å². The predicted molar refractivity (Wildman–Crippen MR) is 109 cm³/mol. The molecule has 4 rings (SSSR count). The molecule has 5 nitrogen and oxygen atoms in total. The number of furan rings is 1. The maximum absolute atomic E-state index is 13.4. The lowest BCUT2D eigenvalue weighted by Crippen LogP contribution is -2.25. The summed E-state index contributed by atoms with van der Waals surface area (Å²) in [6, 6.07) is 15.1. The monoisotopic (exact) mass is 443 g/mol. The van der Waals surface area contributed by atoms with Crippen molar-refractivity contribution < 1.29 is 26.8 Å². The first-order valence-electron chi connectivity index (χ1n) is 9.58. The standard InChI is InChI=1S/C23H17F4N3O2/c1-14-5-10-21(32-14)19-12-20(30(29-19)18-8-6-17(24)7-9-18)22(31)28-13-15-3-2-4-16(11-15)23(25,26)27/h2-12H,13H2,1H3,(H,28,31). The van der Waals surface area contributed by atoms with Gasteiger partial charge in [-0.3, -0.25) is 4.79 Å². The van der Waals surface area contributed by atoms with Crippen molar-refractivity contribution >= 4 is 5.91 Å². The van der Waals surface area contributed by atoms with E-state index >= 15 is 0 Å². The van der Waals surface area contributed by atoms with Crippen LogP contribution in [-0.4, -0.2) is 15.7 Å². The van der Waals surface area contributed by atoms with E-state index in [-0.39, 0.29) is 12.2 Å².